The summed E-state index contributed by atoms with van der Waals surface area (Å²) in [5, 5.41) is 14.5. The maximum atomic E-state index is 11.3. The van der Waals surface area contributed by atoms with E-state index in [9.17, 15) is 4.79 Å². The van der Waals surface area contributed by atoms with Gasteiger partial charge in [-0.1, -0.05) is 13.8 Å². The second-order valence-electron chi connectivity index (χ2n) is 3.87. The molecule has 4 nitrogen and oxygen atoms in total. The van der Waals surface area contributed by atoms with E-state index in [0.29, 0.717) is 12.6 Å². The van der Waals surface area contributed by atoms with Gasteiger partial charge in [0.2, 0.25) is 5.91 Å². The zero-order valence-corrected chi connectivity index (χ0v) is 9.34. The molecule has 0 bridgehead atoms. The molecule has 4 heteroatoms. The molecule has 0 aromatic heterocycles. The monoisotopic (exact) mass is 202 g/mol. The van der Waals surface area contributed by atoms with E-state index >= 15 is 0 Å². The Morgan fingerprint density at radius 1 is 1.36 bits per heavy atom. The van der Waals surface area contributed by atoms with Crippen LogP contribution in [0.4, 0.5) is 0 Å². The second kappa shape index (κ2) is 7.76. The maximum Gasteiger partial charge on any atom is 0.234 e. The van der Waals surface area contributed by atoms with Gasteiger partial charge >= 0.3 is 0 Å². The van der Waals surface area contributed by atoms with Gasteiger partial charge in [-0.05, 0) is 19.8 Å². The molecule has 0 aromatic rings. The summed E-state index contributed by atoms with van der Waals surface area (Å²) in [6, 6.07) is 0.470. The first-order chi connectivity index (χ1) is 6.56. The van der Waals surface area contributed by atoms with Gasteiger partial charge in [0.15, 0.2) is 0 Å². The van der Waals surface area contributed by atoms with Gasteiger partial charge in [-0.3, -0.25) is 4.79 Å². The third-order valence-electron chi connectivity index (χ3n) is 1.87. The summed E-state index contributed by atoms with van der Waals surface area (Å²) in [7, 11) is 0. The zero-order chi connectivity index (χ0) is 11.0. The Hall–Kier alpha value is -0.610. The normalized spacial score (nSPS) is 12.9. The van der Waals surface area contributed by atoms with Crippen molar-refractivity contribution in [3.05, 3.63) is 0 Å². The Bertz CT molecular complexity index is 160. The van der Waals surface area contributed by atoms with Crippen LogP contribution in [0.15, 0.2) is 0 Å². The largest absolute Gasteiger partial charge is 0.396 e. The average Bonchev–Trinajstić information content (AvgIpc) is 2.11. The predicted octanol–water partition coefficient (Wildman–Crippen LogP) is 0.262. The number of hydrogen-bond donors (Lipinski definition) is 3. The van der Waals surface area contributed by atoms with Crippen molar-refractivity contribution in [3.63, 3.8) is 0 Å². The molecule has 1 atom stereocenters. The molecule has 14 heavy (non-hydrogen) atoms. The topological polar surface area (TPSA) is 61.4 Å². The van der Waals surface area contributed by atoms with Crippen LogP contribution in [0.25, 0.3) is 0 Å². The molecule has 0 aromatic carbocycles. The van der Waals surface area contributed by atoms with Crippen LogP contribution >= 0.6 is 0 Å². The van der Waals surface area contributed by atoms with Crippen molar-refractivity contribution in [2.24, 2.45) is 0 Å². The fourth-order valence-electron chi connectivity index (χ4n) is 1.09. The van der Waals surface area contributed by atoms with E-state index in [4.69, 9.17) is 5.11 Å². The molecular weight excluding hydrogens is 180 g/mol. The standard InChI is InChI=1S/C10H22N2O2/c1-8(2)11-7-10(14)12-9(3)5-4-6-13/h8-9,11,13H,4-7H2,1-3H3,(H,12,14). The van der Waals surface area contributed by atoms with Crippen LogP contribution in [-0.4, -0.2) is 36.2 Å². The van der Waals surface area contributed by atoms with Gasteiger partial charge in [0.1, 0.15) is 0 Å². The Morgan fingerprint density at radius 3 is 2.50 bits per heavy atom. The Labute approximate surface area is 86.1 Å². The molecule has 84 valence electrons. The van der Waals surface area contributed by atoms with Crippen LogP contribution in [0.1, 0.15) is 33.6 Å². The molecule has 0 saturated heterocycles. The Morgan fingerprint density at radius 2 is 2.00 bits per heavy atom. The summed E-state index contributed by atoms with van der Waals surface area (Å²) in [5.41, 5.74) is 0. The summed E-state index contributed by atoms with van der Waals surface area (Å²) in [6.07, 6.45) is 1.56. The lowest BCUT2D eigenvalue weighted by Crippen LogP contribution is -2.40. The smallest absolute Gasteiger partial charge is 0.234 e. The highest BCUT2D eigenvalue weighted by atomic mass is 16.2. The second-order valence-corrected chi connectivity index (χ2v) is 3.87. The van der Waals surface area contributed by atoms with Crippen LogP contribution in [0.2, 0.25) is 0 Å². The summed E-state index contributed by atoms with van der Waals surface area (Å²) in [4.78, 5) is 11.3. The van der Waals surface area contributed by atoms with Gasteiger partial charge in [0, 0.05) is 18.7 Å². The predicted molar refractivity (Wildman–Crippen MR) is 57.1 cm³/mol. The van der Waals surface area contributed by atoms with E-state index in [0.717, 1.165) is 12.8 Å². The number of amides is 1. The molecule has 3 N–H and O–H groups in total. The fourth-order valence-corrected chi connectivity index (χ4v) is 1.09. The number of hydrogen-bond acceptors (Lipinski definition) is 3. The van der Waals surface area contributed by atoms with E-state index in [-0.39, 0.29) is 18.6 Å². The molecule has 0 rings (SSSR count). The minimum Gasteiger partial charge on any atom is -0.396 e. The van der Waals surface area contributed by atoms with E-state index < -0.39 is 0 Å². The molecular formula is C10H22N2O2. The quantitative estimate of drug-likeness (QED) is 0.555. The van der Waals surface area contributed by atoms with Crippen LogP contribution in [0.3, 0.4) is 0 Å². The molecule has 0 spiro atoms. The number of rotatable bonds is 7. The molecule has 1 amide bonds. The number of carbonyl (C=O) groups is 1. The van der Waals surface area contributed by atoms with E-state index in [2.05, 4.69) is 10.6 Å². The van der Waals surface area contributed by atoms with E-state index in [1.165, 1.54) is 0 Å². The lowest BCUT2D eigenvalue weighted by molar-refractivity contribution is -0.121. The number of aliphatic hydroxyl groups excluding tert-OH is 1. The van der Waals surface area contributed by atoms with Crippen molar-refractivity contribution in [1.29, 1.82) is 0 Å². The van der Waals surface area contributed by atoms with Crippen molar-refractivity contribution in [2.45, 2.75) is 45.7 Å². The highest BCUT2D eigenvalue weighted by Crippen LogP contribution is 1.94. The van der Waals surface area contributed by atoms with Crippen LogP contribution in [0, 0.1) is 0 Å². The summed E-state index contributed by atoms with van der Waals surface area (Å²) < 4.78 is 0. The number of carbonyl (C=O) groups excluding carboxylic acids is 1. The Balaban J connectivity index is 3.50. The van der Waals surface area contributed by atoms with E-state index in [1.807, 2.05) is 20.8 Å². The van der Waals surface area contributed by atoms with E-state index in [1.54, 1.807) is 0 Å². The first-order valence-electron chi connectivity index (χ1n) is 5.20. The van der Waals surface area contributed by atoms with Crippen molar-refractivity contribution in [1.82, 2.24) is 10.6 Å². The average molecular weight is 202 g/mol. The summed E-state index contributed by atoms with van der Waals surface area (Å²) >= 11 is 0. The van der Waals surface area contributed by atoms with Crippen LogP contribution < -0.4 is 10.6 Å². The van der Waals surface area contributed by atoms with Gasteiger partial charge in [-0.2, -0.15) is 0 Å². The minimum atomic E-state index is 0.0177. The summed E-state index contributed by atoms with van der Waals surface area (Å²) in [5.74, 6) is 0.0177. The van der Waals surface area contributed by atoms with Crippen LogP contribution in [0.5, 0.6) is 0 Å². The third-order valence-corrected chi connectivity index (χ3v) is 1.87. The minimum absolute atomic E-state index is 0.0177. The Kier molecular flexibility index (Phi) is 7.42. The van der Waals surface area contributed by atoms with Gasteiger partial charge in [0.05, 0.1) is 6.54 Å². The first-order valence-corrected chi connectivity index (χ1v) is 5.20. The molecule has 0 aliphatic carbocycles. The fraction of sp³-hybridized carbons (Fsp3) is 0.900. The highest BCUT2D eigenvalue weighted by molar-refractivity contribution is 5.78. The lowest BCUT2D eigenvalue weighted by atomic mass is 10.2. The van der Waals surface area contributed by atoms with Crippen LogP contribution in [-0.2, 0) is 4.79 Å². The SMILES string of the molecule is CC(C)NCC(=O)NC(C)CCCO. The van der Waals surface area contributed by atoms with Crippen molar-refractivity contribution in [2.75, 3.05) is 13.2 Å². The molecule has 0 aliphatic heterocycles. The van der Waals surface area contributed by atoms with Gasteiger partial charge in [-0.15, -0.1) is 0 Å². The molecule has 0 heterocycles. The van der Waals surface area contributed by atoms with Crippen molar-refractivity contribution < 1.29 is 9.90 Å². The number of nitrogens with one attached hydrogen (secondary N) is 2. The molecule has 0 radical (unpaired) electrons. The molecule has 0 fully saturated rings. The van der Waals surface area contributed by atoms with Gasteiger partial charge in [0.25, 0.3) is 0 Å². The van der Waals surface area contributed by atoms with Crippen molar-refractivity contribution >= 4 is 5.91 Å². The van der Waals surface area contributed by atoms with Gasteiger partial charge in [-0.25, -0.2) is 0 Å². The lowest BCUT2D eigenvalue weighted by Gasteiger charge is -2.14. The number of aliphatic hydroxyl groups is 1. The first kappa shape index (κ1) is 13.4. The zero-order valence-electron chi connectivity index (χ0n) is 9.34. The maximum absolute atomic E-state index is 11.3. The molecule has 0 aliphatic rings. The molecule has 0 saturated carbocycles. The molecule has 1 unspecified atom stereocenters. The highest BCUT2D eigenvalue weighted by Gasteiger charge is 2.06. The van der Waals surface area contributed by atoms with Gasteiger partial charge < -0.3 is 15.7 Å². The summed E-state index contributed by atoms with van der Waals surface area (Å²) in [6.45, 7) is 6.50. The third kappa shape index (κ3) is 8.01. The van der Waals surface area contributed by atoms with Crippen molar-refractivity contribution in [3.8, 4) is 0 Å².